The van der Waals surface area contributed by atoms with Crippen LogP contribution in [0.15, 0.2) is 48.6 Å². The van der Waals surface area contributed by atoms with Crippen molar-refractivity contribution in [2.75, 3.05) is 19.6 Å². The lowest BCUT2D eigenvalue weighted by molar-refractivity contribution is -0.138. The molecule has 0 bridgehead atoms. The lowest BCUT2D eigenvalue weighted by Gasteiger charge is -2.25. The number of hydrogen-bond acceptors (Lipinski definition) is 5. The Balaban J connectivity index is 1.46. The van der Waals surface area contributed by atoms with Gasteiger partial charge in [-0.1, -0.05) is 11.6 Å². The maximum absolute atomic E-state index is 13.1. The third-order valence-corrected chi connectivity index (χ3v) is 6.01. The molecule has 170 valence electrons. The van der Waals surface area contributed by atoms with Crippen molar-refractivity contribution in [3.05, 3.63) is 59.7 Å². The second kappa shape index (κ2) is 10.5. The third-order valence-electron chi connectivity index (χ3n) is 6.01. The first-order chi connectivity index (χ1) is 15.6. The van der Waals surface area contributed by atoms with Gasteiger partial charge in [0.05, 0.1) is 25.5 Å². The maximum atomic E-state index is 13.1. The Morgan fingerprint density at radius 1 is 1.19 bits per heavy atom. The molecule has 2 amide bonds. The van der Waals surface area contributed by atoms with Gasteiger partial charge in [-0.25, -0.2) is 0 Å². The van der Waals surface area contributed by atoms with Gasteiger partial charge < -0.3 is 14.5 Å². The summed E-state index contributed by atoms with van der Waals surface area (Å²) < 4.78 is 7.91. The lowest BCUT2D eigenvalue weighted by atomic mass is 9.97. The molecule has 1 aliphatic carbocycles. The molecule has 2 aromatic heterocycles. The number of ether oxygens (including phenoxy) is 1. The Labute approximate surface area is 188 Å². The zero-order valence-electron chi connectivity index (χ0n) is 18.7. The van der Waals surface area contributed by atoms with Gasteiger partial charge in [-0.05, 0) is 43.4 Å². The summed E-state index contributed by atoms with van der Waals surface area (Å²) in [7, 11) is 1.86. The number of pyridine rings is 1. The maximum Gasteiger partial charge on any atom is 0.242 e. The van der Waals surface area contributed by atoms with Crippen molar-refractivity contribution in [1.82, 2.24) is 24.6 Å². The molecule has 2 aliphatic rings. The molecule has 8 heteroatoms. The normalized spacial score (nSPS) is 19.6. The molecule has 1 aliphatic heterocycles. The van der Waals surface area contributed by atoms with Gasteiger partial charge in [-0.2, -0.15) is 5.10 Å². The number of aromatic nitrogens is 3. The molecule has 1 saturated heterocycles. The third kappa shape index (κ3) is 6.03. The molecule has 32 heavy (non-hydrogen) atoms. The van der Waals surface area contributed by atoms with Crippen LogP contribution in [0.4, 0.5) is 0 Å². The molecular formula is C24H31N5O3. The molecular weight excluding hydrogens is 406 g/mol. The van der Waals surface area contributed by atoms with Crippen molar-refractivity contribution < 1.29 is 14.3 Å². The summed E-state index contributed by atoms with van der Waals surface area (Å²) >= 11 is 0. The minimum atomic E-state index is -0.268. The number of rotatable bonds is 7. The number of aryl methyl sites for hydroxylation is 1. The molecule has 0 N–H and O–H groups in total. The van der Waals surface area contributed by atoms with Gasteiger partial charge in [-0.15, -0.1) is 0 Å². The SMILES string of the molecule is Cn1cc(CN2C[C@H](OCc3ccncc3)CN(C(=O)CC3=CCCCC3)CC2=O)cn1. The smallest absolute Gasteiger partial charge is 0.242 e. The Bertz CT molecular complexity index is 956. The van der Waals surface area contributed by atoms with E-state index in [2.05, 4.69) is 16.2 Å². The monoisotopic (exact) mass is 437 g/mol. The molecule has 8 nitrogen and oxygen atoms in total. The van der Waals surface area contributed by atoms with Crippen molar-refractivity contribution in [2.24, 2.45) is 7.05 Å². The minimum absolute atomic E-state index is 0.00670. The van der Waals surface area contributed by atoms with E-state index in [1.165, 1.54) is 12.0 Å². The second-order valence-electron chi connectivity index (χ2n) is 8.64. The van der Waals surface area contributed by atoms with E-state index in [4.69, 9.17) is 4.74 Å². The quantitative estimate of drug-likeness (QED) is 0.622. The Hall–Kier alpha value is -3.00. The highest BCUT2D eigenvalue weighted by atomic mass is 16.5. The largest absolute Gasteiger partial charge is 0.370 e. The number of carbonyl (C=O) groups excluding carboxylic acids is 2. The first kappa shape index (κ1) is 22.2. The Morgan fingerprint density at radius 3 is 2.75 bits per heavy atom. The van der Waals surface area contributed by atoms with E-state index in [0.717, 1.165) is 30.4 Å². The fraction of sp³-hybridized carbons (Fsp3) is 0.500. The number of nitrogens with zero attached hydrogens (tertiary/aromatic N) is 5. The predicted octanol–water partition coefficient (Wildman–Crippen LogP) is 2.46. The van der Waals surface area contributed by atoms with E-state index >= 15 is 0 Å². The standard InChI is InChI=1S/C24H31N5O3/c1-27-13-21(12-26-27)14-28-15-22(32-18-20-7-9-25-10-8-20)16-29(17-24(28)31)23(30)11-19-5-3-2-4-6-19/h5,7-10,12-13,22H,2-4,6,11,14-18H2,1H3/t22-/m0/s1. The fourth-order valence-electron chi connectivity index (χ4n) is 4.27. The highest BCUT2D eigenvalue weighted by molar-refractivity contribution is 5.86. The van der Waals surface area contributed by atoms with E-state index in [9.17, 15) is 9.59 Å². The highest BCUT2D eigenvalue weighted by Crippen LogP contribution is 2.22. The van der Waals surface area contributed by atoms with Crippen LogP contribution in [-0.4, -0.2) is 62.1 Å². The second-order valence-corrected chi connectivity index (χ2v) is 8.64. The molecule has 1 atom stereocenters. The zero-order chi connectivity index (χ0) is 22.3. The van der Waals surface area contributed by atoms with Crippen molar-refractivity contribution in [3.63, 3.8) is 0 Å². The van der Waals surface area contributed by atoms with E-state index in [-0.39, 0.29) is 24.5 Å². The molecule has 1 fully saturated rings. The first-order valence-corrected chi connectivity index (χ1v) is 11.3. The summed E-state index contributed by atoms with van der Waals surface area (Å²) in [6, 6.07) is 3.82. The highest BCUT2D eigenvalue weighted by Gasteiger charge is 2.31. The summed E-state index contributed by atoms with van der Waals surface area (Å²) in [4.78, 5) is 33.7. The summed E-state index contributed by atoms with van der Waals surface area (Å²) in [6.45, 7) is 1.80. The van der Waals surface area contributed by atoms with E-state index in [1.54, 1.807) is 33.1 Å². The Kier molecular flexibility index (Phi) is 7.32. The Morgan fingerprint density at radius 2 is 2.03 bits per heavy atom. The molecule has 0 spiro atoms. The molecule has 3 heterocycles. The molecule has 0 aromatic carbocycles. The number of amides is 2. The van der Waals surface area contributed by atoms with Crippen LogP contribution in [0.3, 0.4) is 0 Å². The van der Waals surface area contributed by atoms with Crippen molar-refractivity contribution in [2.45, 2.75) is 51.4 Å². The van der Waals surface area contributed by atoms with Gasteiger partial charge in [0.1, 0.15) is 0 Å². The zero-order valence-corrected chi connectivity index (χ0v) is 18.7. The summed E-state index contributed by atoms with van der Waals surface area (Å²) in [5, 5.41) is 4.20. The van der Waals surface area contributed by atoms with Crippen LogP contribution in [0.1, 0.15) is 43.2 Å². The molecule has 0 saturated carbocycles. The summed E-state index contributed by atoms with van der Waals surface area (Å²) in [5.74, 6) is -0.0536. The number of hydrogen-bond donors (Lipinski definition) is 0. The van der Waals surface area contributed by atoms with Gasteiger partial charge >= 0.3 is 0 Å². The van der Waals surface area contributed by atoms with Crippen LogP contribution in [0.25, 0.3) is 0 Å². The summed E-state index contributed by atoms with van der Waals surface area (Å²) in [5.41, 5.74) is 3.17. The van der Waals surface area contributed by atoms with Crippen molar-refractivity contribution in [3.8, 4) is 0 Å². The van der Waals surface area contributed by atoms with Crippen LogP contribution >= 0.6 is 0 Å². The van der Waals surface area contributed by atoms with Crippen LogP contribution in [0, 0.1) is 0 Å². The lowest BCUT2D eigenvalue weighted by Crippen LogP contribution is -2.39. The van der Waals surface area contributed by atoms with Crippen LogP contribution in [0.2, 0.25) is 0 Å². The molecule has 2 aromatic rings. The minimum Gasteiger partial charge on any atom is -0.370 e. The predicted molar refractivity (Wildman–Crippen MR) is 119 cm³/mol. The van der Waals surface area contributed by atoms with Gasteiger partial charge in [0, 0.05) is 57.3 Å². The number of allylic oxidation sites excluding steroid dienone is 1. The average Bonchev–Trinajstić information content (AvgIpc) is 3.14. The average molecular weight is 438 g/mol. The molecule has 4 rings (SSSR count). The topological polar surface area (TPSA) is 80.6 Å². The van der Waals surface area contributed by atoms with Crippen LogP contribution in [0.5, 0.6) is 0 Å². The van der Waals surface area contributed by atoms with E-state index in [1.807, 2.05) is 25.4 Å². The molecule has 0 unspecified atom stereocenters. The fourth-order valence-corrected chi connectivity index (χ4v) is 4.27. The first-order valence-electron chi connectivity index (χ1n) is 11.3. The van der Waals surface area contributed by atoms with Crippen molar-refractivity contribution >= 4 is 11.8 Å². The van der Waals surface area contributed by atoms with E-state index < -0.39 is 0 Å². The van der Waals surface area contributed by atoms with Gasteiger partial charge in [0.2, 0.25) is 11.8 Å². The van der Waals surface area contributed by atoms with Crippen LogP contribution in [-0.2, 0) is 34.5 Å². The number of carbonyl (C=O) groups is 2. The van der Waals surface area contributed by atoms with Crippen LogP contribution < -0.4 is 0 Å². The van der Waals surface area contributed by atoms with E-state index in [0.29, 0.717) is 32.7 Å². The van der Waals surface area contributed by atoms with Gasteiger partial charge in [-0.3, -0.25) is 19.3 Å². The van der Waals surface area contributed by atoms with Gasteiger partial charge in [0.25, 0.3) is 0 Å². The van der Waals surface area contributed by atoms with Crippen molar-refractivity contribution in [1.29, 1.82) is 0 Å². The van der Waals surface area contributed by atoms with Gasteiger partial charge in [0.15, 0.2) is 0 Å². The summed E-state index contributed by atoms with van der Waals surface area (Å²) in [6.07, 6.45) is 13.8. The molecule has 0 radical (unpaired) electrons.